The molecule has 0 spiro atoms. The lowest BCUT2D eigenvalue weighted by molar-refractivity contribution is 0.482. The van der Waals surface area contributed by atoms with Gasteiger partial charge in [-0.25, -0.2) is 8.42 Å². The molecule has 0 bridgehead atoms. The lowest BCUT2D eigenvalue weighted by Crippen LogP contribution is -2.12. The van der Waals surface area contributed by atoms with E-state index in [4.69, 9.17) is 16.3 Å². The first-order valence-corrected chi connectivity index (χ1v) is 9.00. The molecule has 0 atom stereocenters. The van der Waals surface area contributed by atoms with Gasteiger partial charge < -0.3 is 4.74 Å². The van der Waals surface area contributed by atoms with Gasteiger partial charge in [0.25, 0.3) is 10.0 Å². The maximum atomic E-state index is 12.4. The third kappa shape index (κ3) is 4.07. The summed E-state index contributed by atoms with van der Waals surface area (Å²) in [6, 6.07) is 22.0. The minimum absolute atomic E-state index is 0.142. The number of sulfonamides is 1. The molecule has 0 fully saturated rings. The number of rotatable bonds is 5. The smallest absolute Gasteiger partial charge is 0.261 e. The Morgan fingerprint density at radius 2 is 1.46 bits per heavy atom. The molecule has 0 saturated carbocycles. The third-order valence-corrected chi connectivity index (χ3v) is 4.82. The second-order valence-electron chi connectivity index (χ2n) is 5.00. The van der Waals surface area contributed by atoms with Crippen molar-refractivity contribution in [2.24, 2.45) is 0 Å². The van der Waals surface area contributed by atoms with Gasteiger partial charge in [0, 0.05) is 5.02 Å². The van der Waals surface area contributed by atoms with Crippen LogP contribution >= 0.6 is 11.6 Å². The quantitative estimate of drug-likeness (QED) is 0.702. The van der Waals surface area contributed by atoms with Crippen LogP contribution in [-0.2, 0) is 10.0 Å². The van der Waals surface area contributed by atoms with Crippen LogP contribution in [0.3, 0.4) is 0 Å². The van der Waals surface area contributed by atoms with Crippen molar-refractivity contribution in [2.75, 3.05) is 4.72 Å². The maximum absolute atomic E-state index is 12.4. The molecule has 0 aliphatic carbocycles. The molecule has 0 aliphatic rings. The first-order valence-electron chi connectivity index (χ1n) is 7.14. The van der Waals surface area contributed by atoms with Crippen LogP contribution in [0.25, 0.3) is 0 Å². The number of hydrogen-bond donors (Lipinski definition) is 1. The molecule has 24 heavy (non-hydrogen) atoms. The van der Waals surface area contributed by atoms with Crippen LogP contribution in [0, 0.1) is 0 Å². The Hall–Kier alpha value is -2.50. The van der Waals surface area contributed by atoms with E-state index >= 15 is 0 Å². The Morgan fingerprint density at radius 3 is 2.12 bits per heavy atom. The van der Waals surface area contributed by atoms with Crippen LogP contribution < -0.4 is 9.46 Å². The van der Waals surface area contributed by atoms with Crippen LogP contribution in [0.5, 0.6) is 11.5 Å². The number of halogens is 1. The number of para-hydroxylation sites is 1. The van der Waals surface area contributed by atoms with E-state index < -0.39 is 10.0 Å². The van der Waals surface area contributed by atoms with E-state index in [1.54, 1.807) is 36.4 Å². The van der Waals surface area contributed by atoms with Crippen LogP contribution in [0.1, 0.15) is 0 Å². The van der Waals surface area contributed by atoms with E-state index in [9.17, 15) is 8.42 Å². The Kier molecular flexibility index (Phi) is 4.74. The fraction of sp³-hybridized carbons (Fsp3) is 0. The van der Waals surface area contributed by atoms with Crippen molar-refractivity contribution in [2.45, 2.75) is 4.90 Å². The topological polar surface area (TPSA) is 55.4 Å². The zero-order valence-electron chi connectivity index (χ0n) is 12.5. The summed E-state index contributed by atoms with van der Waals surface area (Å²) >= 11 is 5.87. The van der Waals surface area contributed by atoms with Gasteiger partial charge in [-0.15, -0.1) is 0 Å². The minimum atomic E-state index is -3.68. The molecule has 0 heterocycles. The molecule has 3 aromatic rings. The van der Waals surface area contributed by atoms with Crippen molar-refractivity contribution in [1.82, 2.24) is 0 Å². The summed E-state index contributed by atoms with van der Waals surface area (Å²) in [5, 5.41) is 0.460. The zero-order chi connectivity index (χ0) is 17.0. The highest BCUT2D eigenvalue weighted by molar-refractivity contribution is 7.92. The fourth-order valence-electron chi connectivity index (χ4n) is 2.08. The highest BCUT2D eigenvalue weighted by Gasteiger charge is 2.14. The Labute approximate surface area is 145 Å². The number of nitrogens with one attached hydrogen (secondary N) is 1. The van der Waals surface area contributed by atoms with Crippen molar-refractivity contribution in [3.05, 3.63) is 83.9 Å². The van der Waals surface area contributed by atoms with Crippen LogP contribution in [0.2, 0.25) is 5.02 Å². The number of anilines is 1. The lowest BCUT2D eigenvalue weighted by atomic mass is 10.3. The largest absolute Gasteiger partial charge is 0.457 e. The second kappa shape index (κ2) is 6.95. The van der Waals surface area contributed by atoms with E-state index in [-0.39, 0.29) is 4.90 Å². The summed E-state index contributed by atoms with van der Waals surface area (Å²) in [4.78, 5) is 0.142. The molecule has 1 N–H and O–H groups in total. The lowest BCUT2D eigenvalue weighted by Gasteiger charge is -2.10. The van der Waals surface area contributed by atoms with Crippen molar-refractivity contribution in [1.29, 1.82) is 0 Å². The molecule has 0 radical (unpaired) electrons. The molecule has 0 unspecified atom stereocenters. The Bertz CT molecular complexity index is 926. The van der Waals surface area contributed by atoms with E-state index in [1.807, 2.05) is 30.3 Å². The van der Waals surface area contributed by atoms with E-state index in [2.05, 4.69) is 4.72 Å². The standard InChI is InChI=1S/C18H14ClNO3S/c19-14-5-4-6-15(13-14)20-24(21,22)18-11-9-17(10-12-18)23-16-7-2-1-3-8-16/h1-13,20H. The molecular formula is C18H14ClNO3S. The van der Waals surface area contributed by atoms with Crippen LogP contribution in [-0.4, -0.2) is 8.42 Å². The summed E-state index contributed by atoms with van der Waals surface area (Å²) < 4.78 is 32.9. The van der Waals surface area contributed by atoms with Gasteiger partial charge in [0.1, 0.15) is 11.5 Å². The van der Waals surface area contributed by atoms with Crippen molar-refractivity contribution in [3.63, 3.8) is 0 Å². The molecule has 122 valence electrons. The number of benzene rings is 3. The van der Waals surface area contributed by atoms with Gasteiger partial charge in [-0.1, -0.05) is 35.9 Å². The van der Waals surface area contributed by atoms with Gasteiger partial charge in [-0.2, -0.15) is 0 Å². The highest BCUT2D eigenvalue weighted by Crippen LogP contribution is 2.24. The Balaban J connectivity index is 1.77. The van der Waals surface area contributed by atoms with Gasteiger partial charge in [-0.3, -0.25) is 4.72 Å². The monoisotopic (exact) mass is 359 g/mol. The average molecular weight is 360 g/mol. The van der Waals surface area contributed by atoms with Crippen LogP contribution in [0.15, 0.2) is 83.8 Å². The summed E-state index contributed by atoms with van der Waals surface area (Å²) in [7, 11) is -3.68. The molecule has 0 aromatic heterocycles. The number of ether oxygens (including phenoxy) is 1. The molecule has 4 nitrogen and oxygen atoms in total. The molecular weight excluding hydrogens is 346 g/mol. The summed E-state index contributed by atoms with van der Waals surface area (Å²) in [5.74, 6) is 1.24. The molecule has 0 saturated heterocycles. The number of hydrogen-bond acceptors (Lipinski definition) is 3. The van der Waals surface area contributed by atoms with Crippen molar-refractivity contribution in [3.8, 4) is 11.5 Å². The van der Waals surface area contributed by atoms with Gasteiger partial charge in [0.2, 0.25) is 0 Å². The van der Waals surface area contributed by atoms with Crippen molar-refractivity contribution >= 4 is 27.3 Å². The zero-order valence-corrected chi connectivity index (χ0v) is 14.1. The second-order valence-corrected chi connectivity index (χ2v) is 7.12. The first kappa shape index (κ1) is 16.4. The fourth-order valence-corrected chi connectivity index (χ4v) is 3.32. The van der Waals surface area contributed by atoms with Gasteiger partial charge in [-0.05, 0) is 54.6 Å². The third-order valence-electron chi connectivity index (χ3n) is 3.19. The normalized spacial score (nSPS) is 11.0. The summed E-state index contributed by atoms with van der Waals surface area (Å²) in [5.41, 5.74) is 0.409. The molecule has 6 heteroatoms. The molecule has 3 aromatic carbocycles. The predicted octanol–water partition coefficient (Wildman–Crippen LogP) is 4.93. The maximum Gasteiger partial charge on any atom is 0.261 e. The minimum Gasteiger partial charge on any atom is -0.457 e. The van der Waals surface area contributed by atoms with Gasteiger partial charge >= 0.3 is 0 Å². The summed E-state index contributed by atoms with van der Waals surface area (Å²) in [6.45, 7) is 0. The van der Waals surface area contributed by atoms with E-state index in [1.165, 1.54) is 12.1 Å². The molecule has 0 aliphatic heterocycles. The first-order chi connectivity index (χ1) is 11.5. The van der Waals surface area contributed by atoms with Crippen LogP contribution in [0.4, 0.5) is 5.69 Å². The molecule has 0 amide bonds. The SMILES string of the molecule is O=S(=O)(Nc1cccc(Cl)c1)c1ccc(Oc2ccccc2)cc1. The van der Waals surface area contributed by atoms with Gasteiger partial charge in [0.15, 0.2) is 0 Å². The average Bonchev–Trinajstić information content (AvgIpc) is 2.56. The van der Waals surface area contributed by atoms with E-state index in [0.29, 0.717) is 22.2 Å². The predicted molar refractivity (Wildman–Crippen MR) is 95.2 cm³/mol. The van der Waals surface area contributed by atoms with Gasteiger partial charge in [0.05, 0.1) is 10.6 Å². The highest BCUT2D eigenvalue weighted by atomic mass is 35.5. The van der Waals surface area contributed by atoms with E-state index in [0.717, 1.165) is 0 Å². The van der Waals surface area contributed by atoms with Crippen molar-refractivity contribution < 1.29 is 13.2 Å². The summed E-state index contributed by atoms with van der Waals surface area (Å²) in [6.07, 6.45) is 0. The Morgan fingerprint density at radius 1 is 0.792 bits per heavy atom. The molecule has 3 rings (SSSR count).